The second kappa shape index (κ2) is 24.1. The first-order chi connectivity index (χ1) is 38.6. The first-order valence-electron chi connectivity index (χ1n) is 26.7. The van der Waals surface area contributed by atoms with Crippen LogP contribution in [-0.2, 0) is 9.59 Å². The van der Waals surface area contributed by atoms with Crippen molar-refractivity contribution in [1.29, 1.82) is 0 Å². The molecule has 0 radical (unpaired) electrons. The van der Waals surface area contributed by atoms with Crippen molar-refractivity contribution in [2.75, 3.05) is 39.1 Å². The zero-order valence-electron chi connectivity index (χ0n) is 46.7. The highest BCUT2D eigenvalue weighted by Crippen LogP contribution is 2.51. The third-order valence-electron chi connectivity index (χ3n) is 14.5. The van der Waals surface area contributed by atoms with Gasteiger partial charge in [0.2, 0.25) is 11.8 Å². The Labute approximate surface area is 467 Å². The van der Waals surface area contributed by atoms with Gasteiger partial charge in [0, 0.05) is 34.1 Å². The van der Waals surface area contributed by atoms with Crippen molar-refractivity contribution in [3.05, 3.63) is 192 Å². The van der Waals surface area contributed by atoms with E-state index in [1.807, 2.05) is 187 Å². The largest absolute Gasteiger partial charge is 0.496 e. The number of carbonyl (C=O) groups is 4. The molecule has 0 aromatic heterocycles. The number of benzene rings is 9. The van der Waals surface area contributed by atoms with E-state index in [2.05, 4.69) is 21.3 Å². The molecule has 12 heteroatoms. The van der Waals surface area contributed by atoms with Crippen LogP contribution in [-0.4, -0.2) is 52.1 Å². The molecule has 406 valence electrons. The Morgan fingerprint density at radius 1 is 0.362 bits per heavy atom. The molecule has 9 rings (SSSR count). The van der Waals surface area contributed by atoms with Gasteiger partial charge in [-0.1, -0.05) is 173 Å². The minimum absolute atomic E-state index is 0.266. The highest BCUT2D eigenvalue weighted by molar-refractivity contribution is 6.18. The van der Waals surface area contributed by atoms with Crippen LogP contribution >= 0.6 is 0 Å². The molecule has 0 spiro atoms. The van der Waals surface area contributed by atoms with Crippen LogP contribution in [0.25, 0.3) is 66.1 Å². The Balaban J connectivity index is 1.25. The summed E-state index contributed by atoms with van der Waals surface area (Å²) in [6.45, 7) is 11.2. The van der Waals surface area contributed by atoms with Crippen LogP contribution in [0.2, 0.25) is 0 Å². The minimum atomic E-state index is -0.446. The van der Waals surface area contributed by atoms with E-state index in [9.17, 15) is 19.2 Å². The normalized spacial score (nSPS) is 11.9. The Kier molecular flexibility index (Phi) is 16.7. The van der Waals surface area contributed by atoms with Crippen LogP contribution in [0.5, 0.6) is 23.0 Å². The van der Waals surface area contributed by atoms with Gasteiger partial charge in [-0.3, -0.25) is 19.2 Å². The second-order valence-corrected chi connectivity index (χ2v) is 20.3. The molecule has 0 saturated heterocycles. The number of methoxy groups -OCH3 is 4. The van der Waals surface area contributed by atoms with E-state index in [0.29, 0.717) is 67.8 Å². The molecule has 9 aromatic carbocycles. The number of hydrogen-bond donors (Lipinski definition) is 4. The van der Waals surface area contributed by atoms with E-state index in [4.69, 9.17) is 18.9 Å². The lowest BCUT2D eigenvalue weighted by atomic mass is 9.86. The van der Waals surface area contributed by atoms with E-state index in [1.54, 1.807) is 52.7 Å². The fourth-order valence-corrected chi connectivity index (χ4v) is 10.2. The molecular formula is C68H66N4O8. The van der Waals surface area contributed by atoms with Crippen LogP contribution < -0.4 is 40.2 Å². The third-order valence-corrected chi connectivity index (χ3v) is 14.5. The van der Waals surface area contributed by atoms with Gasteiger partial charge < -0.3 is 40.2 Å². The molecule has 0 aliphatic carbocycles. The Hall–Kier alpha value is -9.42. The molecule has 0 bridgehead atoms. The zero-order chi connectivity index (χ0) is 56.8. The molecule has 12 nitrogen and oxygen atoms in total. The smallest absolute Gasteiger partial charge is 0.252 e. The quantitative estimate of drug-likeness (QED) is 0.0663. The number of ether oxygens (including phenoxy) is 4. The molecule has 80 heavy (non-hydrogen) atoms. The maximum absolute atomic E-state index is 14.3. The number of amides is 4. The van der Waals surface area contributed by atoms with Crippen molar-refractivity contribution in [3.63, 3.8) is 0 Å². The summed E-state index contributed by atoms with van der Waals surface area (Å²) < 4.78 is 24.5. The van der Waals surface area contributed by atoms with Crippen molar-refractivity contribution in [3.8, 4) is 67.5 Å². The van der Waals surface area contributed by atoms with Crippen molar-refractivity contribution < 1.29 is 38.1 Å². The highest BCUT2D eigenvalue weighted by Gasteiger charge is 2.28. The molecule has 0 heterocycles. The van der Waals surface area contributed by atoms with Gasteiger partial charge in [0.25, 0.3) is 11.8 Å². The lowest BCUT2D eigenvalue weighted by Gasteiger charge is -2.25. The SMILES string of the molecule is COc1cc(C(=O)N[C@H](C)c2ccccc2)cc(OC)c1-c1cccc2cccc(-c3ccc(-c4cccc5cccc(-c6c(OC)cc(C(=O)N[C@H](C)c7ccccc7)cc6OC)c45)c(NC(=O)C(C)C)c3NC(=O)C(C)C)c12. The summed E-state index contributed by atoms with van der Waals surface area (Å²) in [7, 11) is 6.25. The van der Waals surface area contributed by atoms with Gasteiger partial charge in [-0.05, 0) is 93.0 Å². The molecular weight excluding hydrogens is 1000 g/mol. The number of carbonyl (C=O) groups excluding carboxylic acids is 4. The average Bonchev–Trinajstić information content (AvgIpc) is 3.67. The predicted molar refractivity (Wildman–Crippen MR) is 321 cm³/mol. The van der Waals surface area contributed by atoms with Crippen LogP contribution in [0.3, 0.4) is 0 Å². The van der Waals surface area contributed by atoms with Crippen molar-refractivity contribution in [2.45, 2.75) is 53.6 Å². The fraction of sp³-hybridized carbons (Fsp3) is 0.206. The van der Waals surface area contributed by atoms with Crippen molar-refractivity contribution in [1.82, 2.24) is 10.6 Å². The Bertz CT molecular complexity index is 3490. The zero-order valence-corrected chi connectivity index (χ0v) is 46.7. The molecule has 0 aliphatic rings. The summed E-state index contributed by atoms with van der Waals surface area (Å²) in [5.74, 6) is -0.377. The number of anilines is 2. The predicted octanol–water partition coefficient (Wildman–Crippen LogP) is 14.9. The van der Waals surface area contributed by atoms with Gasteiger partial charge in [-0.2, -0.15) is 0 Å². The maximum atomic E-state index is 14.3. The number of fused-ring (bicyclic) bond motifs is 2. The summed E-state index contributed by atoms with van der Waals surface area (Å²) in [6.07, 6.45) is 0. The minimum Gasteiger partial charge on any atom is -0.496 e. The number of rotatable bonds is 18. The lowest BCUT2D eigenvalue weighted by Crippen LogP contribution is -2.26. The second-order valence-electron chi connectivity index (χ2n) is 20.3. The van der Waals surface area contributed by atoms with Gasteiger partial charge in [-0.25, -0.2) is 0 Å². The molecule has 0 fully saturated rings. The van der Waals surface area contributed by atoms with Crippen LogP contribution in [0, 0.1) is 11.8 Å². The van der Waals surface area contributed by atoms with Crippen LogP contribution in [0.4, 0.5) is 11.4 Å². The monoisotopic (exact) mass is 1070 g/mol. The van der Waals surface area contributed by atoms with E-state index in [0.717, 1.165) is 54.9 Å². The van der Waals surface area contributed by atoms with Crippen LogP contribution in [0.1, 0.15) is 85.5 Å². The molecule has 0 unspecified atom stereocenters. The first kappa shape index (κ1) is 55.3. The van der Waals surface area contributed by atoms with Crippen molar-refractivity contribution in [2.24, 2.45) is 11.8 Å². The average molecular weight is 1070 g/mol. The van der Waals surface area contributed by atoms with E-state index < -0.39 is 11.8 Å². The van der Waals surface area contributed by atoms with Gasteiger partial charge in [-0.15, -0.1) is 0 Å². The van der Waals surface area contributed by atoms with Gasteiger partial charge in [0.1, 0.15) is 23.0 Å². The summed E-state index contributed by atoms with van der Waals surface area (Å²) in [5.41, 5.74) is 8.86. The van der Waals surface area contributed by atoms with Crippen LogP contribution in [0.15, 0.2) is 170 Å². The summed E-state index contributed by atoms with van der Waals surface area (Å²) in [6, 6.07) is 53.6. The van der Waals surface area contributed by atoms with E-state index in [1.165, 1.54) is 0 Å². The maximum Gasteiger partial charge on any atom is 0.252 e. The topological polar surface area (TPSA) is 153 Å². The Morgan fingerprint density at radius 2 is 0.675 bits per heavy atom. The highest BCUT2D eigenvalue weighted by atomic mass is 16.5. The summed E-state index contributed by atoms with van der Waals surface area (Å²) in [4.78, 5) is 56.5. The lowest BCUT2D eigenvalue weighted by molar-refractivity contribution is -0.119. The van der Waals surface area contributed by atoms with E-state index >= 15 is 0 Å². The molecule has 4 N–H and O–H groups in total. The number of nitrogens with one attached hydrogen (secondary N) is 4. The van der Waals surface area contributed by atoms with Crippen molar-refractivity contribution >= 4 is 56.5 Å². The summed E-state index contributed by atoms with van der Waals surface area (Å²) in [5, 5.41) is 16.2. The first-order valence-corrected chi connectivity index (χ1v) is 26.7. The molecule has 0 saturated carbocycles. The fourth-order valence-electron chi connectivity index (χ4n) is 10.2. The summed E-state index contributed by atoms with van der Waals surface area (Å²) >= 11 is 0. The number of hydrogen-bond acceptors (Lipinski definition) is 8. The molecule has 4 amide bonds. The Morgan fingerprint density at radius 3 is 0.975 bits per heavy atom. The standard InChI is InChI=1S/C68H66N4O8/c1-39(2)65(73)71-63-51(49-29-17-25-45-27-19-31-53(59(45)49)61-55(77-7)35-47(36-56(61)78-8)67(75)69-41(5)43-21-13-11-14-22-43)33-34-52(64(63)72-66(74)40(3)4)50-30-18-26-46-28-20-32-54(60(46)50)62-57(79-9)37-48(38-58(62)80-10)68(76)70-42(6)44-23-15-12-16-24-44/h11-42H,1-10H3,(H,69,75)(H,70,76)(H,71,73)(H,72,74)/t41-,42-/m1/s1. The van der Waals surface area contributed by atoms with Gasteiger partial charge >= 0.3 is 0 Å². The van der Waals surface area contributed by atoms with Gasteiger partial charge in [0.05, 0.1) is 63.0 Å². The van der Waals surface area contributed by atoms with E-state index in [-0.39, 0.29) is 35.7 Å². The molecule has 2 atom stereocenters. The third kappa shape index (κ3) is 11.2. The molecule has 0 aliphatic heterocycles. The van der Waals surface area contributed by atoms with Gasteiger partial charge in [0.15, 0.2) is 0 Å². The molecule has 9 aromatic rings.